The number of para-hydroxylation sites is 1. The summed E-state index contributed by atoms with van der Waals surface area (Å²) in [6.45, 7) is 4.57. The lowest BCUT2D eigenvalue weighted by Crippen LogP contribution is -2.14. The van der Waals surface area contributed by atoms with E-state index in [4.69, 9.17) is 4.74 Å². The van der Waals surface area contributed by atoms with Gasteiger partial charge in [0.15, 0.2) is 5.78 Å². The summed E-state index contributed by atoms with van der Waals surface area (Å²) in [5, 5.41) is 10.9. The Bertz CT molecular complexity index is 1290. The van der Waals surface area contributed by atoms with Crippen LogP contribution >= 0.6 is 0 Å². The Labute approximate surface area is 231 Å². The number of aromatic nitrogens is 1. The number of nitrogens with zero attached hydrogens (tertiary/aromatic N) is 1. The zero-order valence-electron chi connectivity index (χ0n) is 23.3. The van der Waals surface area contributed by atoms with Crippen LogP contribution in [0.2, 0.25) is 0 Å². The van der Waals surface area contributed by atoms with Crippen molar-refractivity contribution in [3.05, 3.63) is 77.0 Å². The highest BCUT2D eigenvalue weighted by Gasteiger charge is 2.26. The van der Waals surface area contributed by atoms with E-state index in [1.807, 2.05) is 48.5 Å². The molecule has 39 heavy (non-hydrogen) atoms. The van der Waals surface area contributed by atoms with E-state index < -0.39 is 11.9 Å². The fraction of sp³-hybridized carbons (Fsp3) is 0.424. The lowest BCUT2D eigenvalue weighted by molar-refractivity contribution is -0.137. The predicted octanol–water partition coefficient (Wildman–Crippen LogP) is 8.07. The molecule has 1 aromatic heterocycles. The van der Waals surface area contributed by atoms with Crippen LogP contribution in [-0.4, -0.2) is 34.0 Å². The molecule has 0 fully saturated rings. The second-order valence-corrected chi connectivity index (χ2v) is 9.96. The van der Waals surface area contributed by atoms with Gasteiger partial charge < -0.3 is 14.4 Å². The van der Waals surface area contributed by atoms with Crippen LogP contribution in [0.4, 0.5) is 0 Å². The van der Waals surface area contributed by atoms with E-state index in [2.05, 4.69) is 6.92 Å². The van der Waals surface area contributed by atoms with Crippen LogP contribution < -0.4 is 0 Å². The number of fused-ring (bicyclic) bond motifs is 1. The Morgan fingerprint density at radius 1 is 0.872 bits per heavy atom. The Kier molecular flexibility index (Phi) is 12.0. The summed E-state index contributed by atoms with van der Waals surface area (Å²) in [7, 11) is 0. The topological polar surface area (TPSA) is 85.6 Å². The third-order valence-electron chi connectivity index (χ3n) is 6.95. The molecule has 3 aromatic rings. The first-order valence-corrected chi connectivity index (χ1v) is 14.3. The number of hydrogen-bond acceptors (Lipinski definition) is 4. The summed E-state index contributed by atoms with van der Waals surface area (Å²) in [5.74, 6) is -1.64. The first-order valence-electron chi connectivity index (χ1n) is 14.3. The second-order valence-electron chi connectivity index (χ2n) is 9.96. The van der Waals surface area contributed by atoms with Crippen molar-refractivity contribution in [2.45, 2.75) is 84.6 Å². The standard InChI is InChI=1S/C33H41NO5/c1-3-5-6-7-8-9-10-11-12-20-29(35)31-27-18-13-14-19-28(27)34(32(31)33(37)38)24-26-17-15-16-25(23-26)21-22-30(36)39-4-2/h13-19,21-23H,3-12,20,24H2,1-2H3,(H,37,38)/b22-21+. The average Bonchev–Trinajstić information content (AvgIpc) is 3.26. The molecular formula is C33H41NO5. The molecule has 0 atom stereocenters. The normalized spacial score (nSPS) is 11.3. The van der Waals surface area contributed by atoms with Gasteiger partial charge in [0, 0.05) is 29.9 Å². The van der Waals surface area contributed by atoms with Gasteiger partial charge in [0.05, 0.1) is 12.2 Å². The summed E-state index contributed by atoms with van der Waals surface area (Å²) in [6.07, 6.45) is 13.8. The van der Waals surface area contributed by atoms with Gasteiger partial charge in [0.2, 0.25) is 0 Å². The maximum absolute atomic E-state index is 13.4. The first-order chi connectivity index (χ1) is 19.0. The molecule has 0 unspecified atom stereocenters. The minimum absolute atomic E-state index is 0.0320. The van der Waals surface area contributed by atoms with Gasteiger partial charge >= 0.3 is 11.9 Å². The zero-order valence-corrected chi connectivity index (χ0v) is 23.3. The maximum Gasteiger partial charge on any atom is 0.353 e. The molecule has 208 valence electrons. The maximum atomic E-state index is 13.4. The van der Waals surface area contributed by atoms with Crippen molar-refractivity contribution in [1.29, 1.82) is 0 Å². The number of ether oxygens (including phenoxy) is 1. The lowest BCUT2D eigenvalue weighted by atomic mass is 10.00. The van der Waals surface area contributed by atoms with Gasteiger partial charge in [-0.05, 0) is 42.7 Å². The molecule has 3 rings (SSSR count). The molecule has 1 heterocycles. The molecule has 0 saturated heterocycles. The number of hydrogen-bond donors (Lipinski definition) is 1. The van der Waals surface area contributed by atoms with Crippen molar-refractivity contribution in [3.63, 3.8) is 0 Å². The summed E-state index contributed by atoms with van der Waals surface area (Å²) < 4.78 is 6.66. The highest BCUT2D eigenvalue weighted by Crippen LogP contribution is 2.29. The van der Waals surface area contributed by atoms with Crippen LogP contribution in [0.15, 0.2) is 54.6 Å². The molecule has 1 N–H and O–H groups in total. The number of aromatic carboxylic acids is 1. The Balaban J connectivity index is 1.77. The minimum Gasteiger partial charge on any atom is -0.477 e. The van der Waals surface area contributed by atoms with E-state index in [1.165, 1.54) is 44.6 Å². The molecule has 0 aliphatic rings. The number of carboxylic acids is 1. The van der Waals surface area contributed by atoms with E-state index in [-0.39, 0.29) is 18.0 Å². The van der Waals surface area contributed by atoms with Crippen LogP contribution in [0.5, 0.6) is 0 Å². The number of carbonyl (C=O) groups is 3. The van der Waals surface area contributed by atoms with Gasteiger partial charge in [-0.1, -0.05) is 94.7 Å². The van der Waals surface area contributed by atoms with Crippen LogP contribution in [-0.2, 0) is 16.1 Å². The monoisotopic (exact) mass is 531 g/mol. The second kappa shape index (κ2) is 15.7. The molecule has 2 aromatic carbocycles. The Hall–Kier alpha value is -3.67. The van der Waals surface area contributed by atoms with Crippen LogP contribution in [0.3, 0.4) is 0 Å². The average molecular weight is 532 g/mol. The Morgan fingerprint density at radius 3 is 2.26 bits per heavy atom. The molecule has 0 saturated carbocycles. The summed E-state index contributed by atoms with van der Waals surface area (Å²) in [6, 6.07) is 14.9. The van der Waals surface area contributed by atoms with Crippen molar-refractivity contribution >= 4 is 34.7 Å². The van der Waals surface area contributed by atoms with Crippen LogP contribution in [0, 0.1) is 0 Å². The Morgan fingerprint density at radius 2 is 1.56 bits per heavy atom. The fourth-order valence-corrected chi connectivity index (χ4v) is 5.03. The summed E-state index contributed by atoms with van der Waals surface area (Å²) in [5.41, 5.74) is 2.72. The summed E-state index contributed by atoms with van der Waals surface area (Å²) in [4.78, 5) is 37.6. The number of carbonyl (C=O) groups excluding carboxylic acids is 2. The van der Waals surface area contributed by atoms with E-state index in [0.29, 0.717) is 24.0 Å². The van der Waals surface area contributed by atoms with E-state index in [1.54, 1.807) is 17.6 Å². The SMILES string of the molecule is CCCCCCCCCCCC(=O)c1c(C(=O)O)n(Cc2cccc(/C=C/C(=O)OCC)c2)c2ccccc12. The number of rotatable bonds is 17. The molecule has 0 bridgehead atoms. The number of carboxylic acid groups (broad SMARTS) is 1. The van der Waals surface area contributed by atoms with Crippen molar-refractivity contribution in [2.75, 3.05) is 6.61 Å². The molecule has 0 aliphatic carbocycles. The molecular weight excluding hydrogens is 490 g/mol. The molecule has 0 radical (unpaired) electrons. The van der Waals surface area contributed by atoms with Gasteiger partial charge in [-0.25, -0.2) is 9.59 Å². The highest BCUT2D eigenvalue weighted by atomic mass is 16.5. The van der Waals surface area contributed by atoms with E-state index >= 15 is 0 Å². The zero-order chi connectivity index (χ0) is 28.0. The largest absolute Gasteiger partial charge is 0.477 e. The van der Waals surface area contributed by atoms with Gasteiger partial charge in [0.25, 0.3) is 0 Å². The van der Waals surface area contributed by atoms with Gasteiger partial charge in [-0.15, -0.1) is 0 Å². The number of unbranched alkanes of at least 4 members (excludes halogenated alkanes) is 8. The third-order valence-corrected chi connectivity index (χ3v) is 6.95. The number of ketones is 1. The quantitative estimate of drug-likeness (QED) is 0.0824. The van der Waals surface area contributed by atoms with Gasteiger partial charge in [-0.3, -0.25) is 4.79 Å². The van der Waals surface area contributed by atoms with Crippen molar-refractivity contribution in [3.8, 4) is 0 Å². The third kappa shape index (κ3) is 8.67. The smallest absolute Gasteiger partial charge is 0.353 e. The lowest BCUT2D eigenvalue weighted by Gasteiger charge is -2.10. The van der Waals surface area contributed by atoms with Crippen LogP contribution in [0.25, 0.3) is 17.0 Å². The van der Waals surface area contributed by atoms with E-state index in [0.717, 1.165) is 35.9 Å². The van der Waals surface area contributed by atoms with Gasteiger partial charge in [-0.2, -0.15) is 0 Å². The minimum atomic E-state index is -1.11. The molecule has 6 heteroatoms. The number of esters is 1. The van der Waals surface area contributed by atoms with Crippen molar-refractivity contribution in [2.24, 2.45) is 0 Å². The molecule has 0 amide bonds. The molecule has 0 spiro atoms. The van der Waals surface area contributed by atoms with Gasteiger partial charge in [0.1, 0.15) is 5.69 Å². The molecule has 0 aliphatic heterocycles. The highest BCUT2D eigenvalue weighted by molar-refractivity contribution is 6.15. The van der Waals surface area contributed by atoms with Crippen LogP contribution in [0.1, 0.15) is 110 Å². The van der Waals surface area contributed by atoms with Crippen molar-refractivity contribution < 1.29 is 24.2 Å². The number of Topliss-reactive ketones (excluding diaryl/α,β-unsaturated/α-hetero) is 1. The predicted molar refractivity (Wildman–Crippen MR) is 156 cm³/mol. The molecule has 6 nitrogen and oxygen atoms in total. The van der Waals surface area contributed by atoms with E-state index in [9.17, 15) is 19.5 Å². The number of benzene rings is 2. The summed E-state index contributed by atoms with van der Waals surface area (Å²) >= 11 is 0. The fourth-order valence-electron chi connectivity index (χ4n) is 5.03. The van der Waals surface area contributed by atoms with Crippen molar-refractivity contribution in [1.82, 2.24) is 4.57 Å². The first kappa shape index (κ1) is 29.9.